The number of benzene rings is 3. The normalized spacial score (nSPS) is 26.1. The first-order chi connectivity index (χ1) is 23.8. The van der Waals surface area contributed by atoms with E-state index in [-0.39, 0.29) is 11.3 Å². The quantitative estimate of drug-likeness (QED) is 0.113. The molecule has 0 unspecified atom stereocenters. The molecule has 12 nitrogen and oxygen atoms in total. The molecule has 1 amide bonds. The molecular weight excluding hydrogens is 660 g/mol. The van der Waals surface area contributed by atoms with E-state index < -0.39 is 81.4 Å². The SMILES string of the molecule is C[C@@H]1c2ccc(Nc3nc(-c4ccc(-c5ccccc5)cc4)cs3)c(O)c2C(O)=C2C(=O)[C@@]3(O)C(O)=C(C(N)=O)C(=O)[C@H](N(C)C)[C@H]3[C@H](O)[C@H]21. The van der Waals surface area contributed by atoms with Crippen LogP contribution < -0.4 is 11.1 Å². The van der Waals surface area contributed by atoms with E-state index in [9.17, 15) is 39.9 Å². The molecule has 0 saturated heterocycles. The minimum atomic E-state index is -2.98. The summed E-state index contributed by atoms with van der Waals surface area (Å²) in [6.07, 6.45) is -1.67. The summed E-state index contributed by atoms with van der Waals surface area (Å²) in [5, 5.41) is 63.3. The van der Waals surface area contributed by atoms with Crippen molar-refractivity contribution in [2.75, 3.05) is 19.4 Å². The molecule has 1 fully saturated rings. The molecule has 13 heteroatoms. The van der Waals surface area contributed by atoms with Gasteiger partial charge in [0, 0.05) is 22.4 Å². The number of aliphatic hydroxyl groups is 4. The van der Waals surface area contributed by atoms with Gasteiger partial charge in [-0.25, -0.2) is 4.98 Å². The van der Waals surface area contributed by atoms with Gasteiger partial charge in [-0.3, -0.25) is 19.3 Å². The van der Waals surface area contributed by atoms with Crippen LogP contribution in [-0.4, -0.2) is 84.7 Å². The number of nitrogens with one attached hydrogen (secondary N) is 1. The van der Waals surface area contributed by atoms with E-state index in [0.29, 0.717) is 16.4 Å². The molecule has 4 aromatic rings. The Balaban J connectivity index is 1.25. The van der Waals surface area contributed by atoms with E-state index >= 15 is 0 Å². The molecule has 1 heterocycles. The minimum absolute atomic E-state index is 0.112. The molecule has 7 rings (SSSR count). The molecule has 6 atom stereocenters. The highest BCUT2D eigenvalue weighted by atomic mass is 32.1. The number of aromatic nitrogens is 1. The van der Waals surface area contributed by atoms with Crippen molar-refractivity contribution in [2.45, 2.75) is 30.6 Å². The lowest BCUT2D eigenvalue weighted by Crippen LogP contribution is -2.70. The molecule has 3 aliphatic rings. The molecule has 3 aromatic carbocycles. The van der Waals surface area contributed by atoms with Gasteiger partial charge in [0.1, 0.15) is 22.8 Å². The van der Waals surface area contributed by atoms with E-state index in [1.807, 2.05) is 60.0 Å². The number of hydrogen-bond acceptors (Lipinski definition) is 12. The Morgan fingerprint density at radius 1 is 0.960 bits per heavy atom. The number of nitrogens with zero attached hydrogens (tertiary/aromatic N) is 2. The summed E-state index contributed by atoms with van der Waals surface area (Å²) >= 11 is 1.29. The van der Waals surface area contributed by atoms with Crippen molar-refractivity contribution in [3.8, 4) is 28.1 Å². The third kappa shape index (κ3) is 4.76. The predicted molar refractivity (Wildman–Crippen MR) is 187 cm³/mol. The van der Waals surface area contributed by atoms with Gasteiger partial charge in [-0.05, 0) is 42.8 Å². The Morgan fingerprint density at radius 3 is 2.24 bits per heavy atom. The second-order valence-corrected chi connectivity index (χ2v) is 13.9. The number of hydrogen-bond donors (Lipinski definition) is 7. The highest BCUT2D eigenvalue weighted by Gasteiger charge is 2.68. The Bertz CT molecular complexity index is 2140. The molecule has 0 bridgehead atoms. The van der Waals surface area contributed by atoms with E-state index in [4.69, 9.17) is 5.73 Å². The highest BCUT2D eigenvalue weighted by Crippen LogP contribution is 2.56. The van der Waals surface area contributed by atoms with E-state index in [0.717, 1.165) is 16.7 Å². The summed E-state index contributed by atoms with van der Waals surface area (Å²) in [7, 11) is 2.92. The number of phenols is 1. The molecule has 8 N–H and O–H groups in total. The predicted octanol–water partition coefficient (Wildman–Crippen LogP) is 4.03. The average molecular weight is 695 g/mol. The summed E-state index contributed by atoms with van der Waals surface area (Å²) in [5.41, 5.74) is 5.18. The summed E-state index contributed by atoms with van der Waals surface area (Å²) in [6, 6.07) is 19.7. The molecule has 0 radical (unpaired) electrons. The van der Waals surface area contributed by atoms with Crippen molar-refractivity contribution >= 4 is 45.4 Å². The third-order valence-electron chi connectivity index (χ3n) is 10.2. The fourth-order valence-electron chi connectivity index (χ4n) is 7.76. The summed E-state index contributed by atoms with van der Waals surface area (Å²) in [5.74, 6) is -9.43. The maximum absolute atomic E-state index is 14.2. The number of likely N-dealkylation sites (N-methyl/N-ethyl adjacent to an activating group) is 1. The topological polar surface area (TPSA) is 207 Å². The number of ketones is 2. The number of carbonyl (C=O) groups is 3. The number of Topliss-reactive ketones (excluding diaryl/α,β-unsaturated/α-hetero) is 2. The molecule has 256 valence electrons. The van der Waals surface area contributed by atoms with E-state index in [2.05, 4.69) is 10.3 Å². The lowest BCUT2D eigenvalue weighted by atomic mass is 9.54. The summed E-state index contributed by atoms with van der Waals surface area (Å²) < 4.78 is 0. The Morgan fingerprint density at radius 2 is 1.60 bits per heavy atom. The number of rotatable bonds is 6. The highest BCUT2D eigenvalue weighted by molar-refractivity contribution is 7.14. The third-order valence-corrected chi connectivity index (χ3v) is 10.9. The van der Waals surface area contributed by atoms with Crippen LogP contribution in [0.3, 0.4) is 0 Å². The number of primary amides is 1. The second kappa shape index (κ2) is 11.9. The second-order valence-electron chi connectivity index (χ2n) is 13.1. The van der Waals surface area contributed by atoms with Crippen LogP contribution in [0, 0.1) is 11.8 Å². The van der Waals surface area contributed by atoms with Crippen LogP contribution in [0.15, 0.2) is 89.0 Å². The van der Waals surface area contributed by atoms with Crippen LogP contribution in [0.2, 0.25) is 0 Å². The van der Waals surface area contributed by atoms with Gasteiger partial charge in [0.05, 0.1) is 35.0 Å². The monoisotopic (exact) mass is 694 g/mol. The van der Waals surface area contributed by atoms with E-state index in [1.165, 1.54) is 30.3 Å². The van der Waals surface area contributed by atoms with Gasteiger partial charge in [0.15, 0.2) is 16.5 Å². The first-order valence-electron chi connectivity index (χ1n) is 15.8. The lowest BCUT2D eigenvalue weighted by molar-refractivity contribution is -0.169. The van der Waals surface area contributed by atoms with Crippen molar-refractivity contribution in [2.24, 2.45) is 17.6 Å². The van der Waals surface area contributed by atoms with Gasteiger partial charge < -0.3 is 36.6 Å². The summed E-state index contributed by atoms with van der Waals surface area (Å²) in [6.45, 7) is 1.68. The first-order valence-corrected chi connectivity index (χ1v) is 16.7. The number of anilines is 2. The number of aliphatic hydroxyl groups excluding tert-OH is 3. The van der Waals surface area contributed by atoms with Crippen LogP contribution >= 0.6 is 11.3 Å². The standard InChI is InChI=1S/C37H34N4O8S/c1-16-20-13-14-21(39-36-40-22(15-50-36)19-11-9-18(10-12-19)17-7-5-4-6-8-17)29(42)24(20)30(43)25-23(16)31(44)27-28(41(2)3)32(45)26(35(38)48)34(47)37(27,49)33(25)46/h4-16,23,27-28,31,42-44,47,49H,1-3H3,(H2,38,48)(H,39,40)/t16-,23+,27+,28-,31-,37-/m1/s1. The fraction of sp³-hybridized carbons (Fsp3) is 0.243. The van der Waals surface area contributed by atoms with Crippen molar-refractivity contribution in [3.05, 3.63) is 100 Å². The number of carbonyl (C=O) groups excluding carboxylic acids is 3. The fourth-order valence-corrected chi connectivity index (χ4v) is 8.49. The largest absolute Gasteiger partial charge is 0.508 e. The molecule has 3 aliphatic carbocycles. The van der Waals surface area contributed by atoms with Crippen molar-refractivity contribution in [3.63, 3.8) is 0 Å². The molecule has 0 spiro atoms. The van der Waals surface area contributed by atoms with Crippen molar-refractivity contribution in [1.29, 1.82) is 0 Å². The maximum atomic E-state index is 14.2. The Kier molecular flexibility index (Phi) is 7.90. The van der Waals surface area contributed by atoms with Crippen LogP contribution in [0.1, 0.15) is 24.0 Å². The van der Waals surface area contributed by atoms with Gasteiger partial charge in [-0.15, -0.1) is 11.3 Å². The number of nitrogens with two attached hydrogens (primary N) is 1. The molecule has 1 saturated carbocycles. The summed E-state index contributed by atoms with van der Waals surface area (Å²) in [4.78, 5) is 45.9. The number of thiazole rings is 1. The van der Waals surface area contributed by atoms with Crippen LogP contribution in [0.4, 0.5) is 10.8 Å². The van der Waals surface area contributed by atoms with Gasteiger partial charge in [-0.1, -0.05) is 67.6 Å². The van der Waals surface area contributed by atoms with Crippen LogP contribution in [0.25, 0.3) is 28.1 Å². The van der Waals surface area contributed by atoms with Gasteiger partial charge >= 0.3 is 0 Å². The van der Waals surface area contributed by atoms with Crippen molar-refractivity contribution in [1.82, 2.24) is 9.88 Å². The molecule has 1 aromatic heterocycles. The van der Waals surface area contributed by atoms with Gasteiger partial charge in [-0.2, -0.15) is 0 Å². The Labute approximate surface area is 290 Å². The molecule has 50 heavy (non-hydrogen) atoms. The zero-order valence-electron chi connectivity index (χ0n) is 27.2. The molecule has 0 aliphatic heterocycles. The van der Waals surface area contributed by atoms with Crippen molar-refractivity contribution < 1.29 is 39.9 Å². The maximum Gasteiger partial charge on any atom is 0.255 e. The number of amides is 1. The first kappa shape index (κ1) is 33.2. The van der Waals surface area contributed by atoms with Gasteiger partial charge in [0.2, 0.25) is 5.78 Å². The number of fused-ring (bicyclic) bond motifs is 3. The smallest absolute Gasteiger partial charge is 0.255 e. The number of aromatic hydroxyl groups is 1. The Hall–Kier alpha value is -5.34. The zero-order valence-corrected chi connectivity index (χ0v) is 28.0. The minimum Gasteiger partial charge on any atom is -0.508 e. The van der Waals surface area contributed by atoms with Gasteiger partial charge in [0.25, 0.3) is 5.91 Å². The van der Waals surface area contributed by atoms with E-state index in [1.54, 1.807) is 19.1 Å². The van der Waals surface area contributed by atoms with Crippen LogP contribution in [-0.2, 0) is 14.4 Å². The average Bonchev–Trinajstić information content (AvgIpc) is 3.56. The lowest BCUT2D eigenvalue weighted by Gasteiger charge is -2.53. The van der Waals surface area contributed by atoms with Crippen LogP contribution in [0.5, 0.6) is 5.75 Å². The molecular formula is C37H34N4O8S. The number of phenolic OH excluding ortho intramolecular Hbond substituents is 1. The zero-order chi connectivity index (χ0) is 35.8.